The predicted octanol–water partition coefficient (Wildman–Crippen LogP) is 2.42. The lowest BCUT2D eigenvalue weighted by molar-refractivity contribution is 0.262. The summed E-state index contributed by atoms with van der Waals surface area (Å²) >= 11 is 5.69. The number of halogens is 1. The second kappa shape index (κ2) is 5.05. The van der Waals surface area contributed by atoms with E-state index in [9.17, 15) is 4.79 Å². The van der Waals surface area contributed by atoms with E-state index < -0.39 is 6.03 Å². The van der Waals surface area contributed by atoms with Gasteiger partial charge in [-0.3, -0.25) is 15.3 Å². The summed E-state index contributed by atoms with van der Waals surface area (Å²) in [6, 6.07) is 4.64. The molecule has 2 aromatic heterocycles. The van der Waals surface area contributed by atoms with Crippen LogP contribution in [-0.4, -0.2) is 20.8 Å². The number of anilines is 2. The zero-order chi connectivity index (χ0) is 13.1. The molecule has 0 aliphatic rings. The zero-order valence-corrected chi connectivity index (χ0v) is 10.7. The van der Waals surface area contributed by atoms with Gasteiger partial charge in [-0.25, -0.2) is 9.78 Å². The summed E-state index contributed by atoms with van der Waals surface area (Å²) in [6.45, 7) is 1.90. The summed E-state index contributed by atoms with van der Waals surface area (Å²) in [5.74, 6) is 0.908. The molecule has 0 atom stereocenters. The first-order chi connectivity index (χ1) is 8.54. The maximum Gasteiger partial charge on any atom is 0.326 e. The summed E-state index contributed by atoms with van der Waals surface area (Å²) < 4.78 is 1.68. The first-order valence-corrected chi connectivity index (χ1v) is 5.62. The number of carbonyl (C=O) groups excluding carboxylic acids is 1. The molecule has 2 aromatic rings. The van der Waals surface area contributed by atoms with Gasteiger partial charge in [0.15, 0.2) is 5.82 Å². The van der Waals surface area contributed by atoms with E-state index in [-0.39, 0.29) is 0 Å². The molecule has 0 aliphatic heterocycles. The quantitative estimate of drug-likeness (QED) is 0.876. The summed E-state index contributed by atoms with van der Waals surface area (Å²) in [5, 5.41) is 9.81. The molecule has 94 valence electrons. The number of urea groups is 1. The third-order valence-electron chi connectivity index (χ3n) is 2.32. The lowest BCUT2D eigenvalue weighted by Crippen LogP contribution is -2.20. The number of hydrogen-bond acceptors (Lipinski definition) is 3. The van der Waals surface area contributed by atoms with Crippen LogP contribution in [0.3, 0.4) is 0 Å². The molecule has 7 heteroatoms. The minimum atomic E-state index is -0.400. The molecule has 18 heavy (non-hydrogen) atoms. The Balaban J connectivity index is 1.98. The van der Waals surface area contributed by atoms with Crippen LogP contribution in [0, 0.1) is 6.92 Å². The lowest BCUT2D eigenvalue weighted by Gasteiger charge is -2.04. The molecule has 2 heterocycles. The van der Waals surface area contributed by atoms with Gasteiger partial charge in [-0.2, -0.15) is 5.10 Å². The van der Waals surface area contributed by atoms with E-state index in [4.69, 9.17) is 11.6 Å². The molecule has 0 fully saturated rings. The van der Waals surface area contributed by atoms with E-state index in [0.29, 0.717) is 16.7 Å². The second-order valence-corrected chi connectivity index (χ2v) is 4.17. The van der Waals surface area contributed by atoms with Crippen molar-refractivity contribution in [3.05, 3.63) is 35.1 Å². The molecule has 2 N–H and O–H groups in total. The Morgan fingerprint density at radius 2 is 2.06 bits per heavy atom. The van der Waals surface area contributed by atoms with Crippen LogP contribution in [0.25, 0.3) is 0 Å². The lowest BCUT2D eigenvalue weighted by atomic mass is 10.4. The van der Waals surface area contributed by atoms with Crippen molar-refractivity contribution in [3.63, 3.8) is 0 Å². The average Bonchev–Trinajstić information content (AvgIpc) is 2.61. The number of hydrogen-bond donors (Lipinski definition) is 2. The van der Waals surface area contributed by atoms with Gasteiger partial charge in [0.1, 0.15) is 5.82 Å². The zero-order valence-electron chi connectivity index (χ0n) is 9.94. The van der Waals surface area contributed by atoms with Gasteiger partial charge in [-0.05, 0) is 19.1 Å². The first kappa shape index (κ1) is 12.4. The summed E-state index contributed by atoms with van der Waals surface area (Å²) in [4.78, 5) is 15.6. The Morgan fingerprint density at radius 1 is 1.33 bits per heavy atom. The summed E-state index contributed by atoms with van der Waals surface area (Å²) in [7, 11) is 1.80. The van der Waals surface area contributed by atoms with E-state index in [1.54, 1.807) is 29.9 Å². The number of nitrogens with one attached hydrogen (secondary N) is 2. The van der Waals surface area contributed by atoms with Gasteiger partial charge < -0.3 is 0 Å². The Labute approximate surface area is 109 Å². The van der Waals surface area contributed by atoms with E-state index in [0.717, 1.165) is 5.69 Å². The fourth-order valence-corrected chi connectivity index (χ4v) is 1.45. The van der Waals surface area contributed by atoms with Crippen LogP contribution < -0.4 is 10.6 Å². The molecule has 2 amide bonds. The van der Waals surface area contributed by atoms with Crippen molar-refractivity contribution in [2.24, 2.45) is 7.05 Å². The highest BCUT2D eigenvalue weighted by molar-refractivity contribution is 6.30. The van der Waals surface area contributed by atoms with Crippen molar-refractivity contribution >= 4 is 29.3 Å². The highest BCUT2D eigenvalue weighted by Crippen LogP contribution is 2.11. The fraction of sp³-hybridized carbons (Fsp3) is 0.182. The van der Waals surface area contributed by atoms with Crippen molar-refractivity contribution < 1.29 is 4.79 Å². The molecule has 0 spiro atoms. The number of aryl methyl sites for hydroxylation is 2. The van der Waals surface area contributed by atoms with Crippen molar-refractivity contribution in [1.29, 1.82) is 0 Å². The molecular formula is C11H12ClN5O. The third kappa shape index (κ3) is 2.98. The molecule has 0 unspecified atom stereocenters. The van der Waals surface area contributed by atoms with Gasteiger partial charge >= 0.3 is 6.03 Å². The van der Waals surface area contributed by atoms with E-state index in [1.165, 1.54) is 6.20 Å². The molecule has 0 bridgehead atoms. The number of rotatable bonds is 2. The monoisotopic (exact) mass is 265 g/mol. The predicted molar refractivity (Wildman–Crippen MR) is 69.8 cm³/mol. The number of pyridine rings is 1. The van der Waals surface area contributed by atoms with Crippen molar-refractivity contribution in [2.45, 2.75) is 6.92 Å². The molecule has 6 nitrogen and oxygen atoms in total. The minimum Gasteiger partial charge on any atom is -0.292 e. The average molecular weight is 266 g/mol. The summed E-state index contributed by atoms with van der Waals surface area (Å²) in [5.41, 5.74) is 0.954. The Kier molecular flexibility index (Phi) is 3.47. The number of aromatic nitrogens is 3. The van der Waals surface area contributed by atoms with Crippen LogP contribution in [-0.2, 0) is 7.05 Å². The fourth-order valence-electron chi connectivity index (χ4n) is 1.34. The smallest absolute Gasteiger partial charge is 0.292 e. The van der Waals surface area contributed by atoms with Crippen molar-refractivity contribution in [2.75, 3.05) is 10.6 Å². The van der Waals surface area contributed by atoms with E-state index >= 15 is 0 Å². The van der Waals surface area contributed by atoms with Gasteiger partial charge in [-0.15, -0.1) is 0 Å². The SMILES string of the molecule is Cc1cc(NC(=O)Nc2ccc(Cl)cn2)nn1C. The third-order valence-corrected chi connectivity index (χ3v) is 2.55. The molecular weight excluding hydrogens is 254 g/mol. The largest absolute Gasteiger partial charge is 0.326 e. The minimum absolute atomic E-state index is 0.400. The molecule has 0 saturated carbocycles. The van der Waals surface area contributed by atoms with Gasteiger partial charge in [0.05, 0.1) is 5.02 Å². The van der Waals surface area contributed by atoms with Crippen LogP contribution in [0.5, 0.6) is 0 Å². The highest BCUT2D eigenvalue weighted by Gasteiger charge is 2.06. The molecule has 0 aromatic carbocycles. The van der Waals surface area contributed by atoms with Crippen LogP contribution in [0.1, 0.15) is 5.69 Å². The van der Waals surface area contributed by atoms with Gasteiger partial charge in [0, 0.05) is 25.0 Å². The molecule has 0 aliphatic carbocycles. The van der Waals surface area contributed by atoms with Crippen LogP contribution in [0.15, 0.2) is 24.4 Å². The normalized spacial score (nSPS) is 10.2. The number of amides is 2. The highest BCUT2D eigenvalue weighted by atomic mass is 35.5. The number of nitrogens with zero attached hydrogens (tertiary/aromatic N) is 3. The van der Waals surface area contributed by atoms with Gasteiger partial charge in [-0.1, -0.05) is 11.6 Å². The maximum absolute atomic E-state index is 11.6. The Morgan fingerprint density at radius 3 is 2.61 bits per heavy atom. The van der Waals surface area contributed by atoms with Crippen LogP contribution in [0.2, 0.25) is 5.02 Å². The Hall–Kier alpha value is -2.08. The number of carbonyl (C=O) groups is 1. The van der Waals surface area contributed by atoms with Gasteiger partial charge in [0.25, 0.3) is 0 Å². The van der Waals surface area contributed by atoms with E-state index in [2.05, 4.69) is 20.7 Å². The molecule has 0 saturated heterocycles. The van der Waals surface area contributed by atoms with Crippen LogP contribution >= 0.6 is 11.6 Å². The van der Waals surface area contributed by atoms with Crippen molar-refractivity contribution in [1.82, 2.24) is 14.8 Å². The topological polar surface area (TPSA) is 71.8 Å². The second-order valence-electron chi connectivity index (χ2n) is 3.74. The first-order valence-electron chi connectivity index (χ1n) is 5.25. The van der Waals surface area contributed by atoms with Gasteiger partial charge in [0.2, 0.25) is 0 Å². The molecule has 2 rings (SSSR count). The summed E-state index contributed by atoms with van der Waals surface area (Å²) in [6.07, 6.45) is 1.46. The standard InChI is InChI=1S/C11H12ClN5O/c1-7-5-10(16-17(7)2)15-11(18)14-9-4-3-8(12)6-13-9/h3-6H,1-2H3,(H2,13,14,15,16,18). The van der Waals surface area contributed by atoms with Crippen molar-refractivity contribution in [3.8, 4) is 0 Å². The van der Waals surface area contributed by atoms with E-state index in [1.807, 2.05) is 6.92 Å². The maximum atomic E-state index is 11.6. The Bertz CT molecular complexity index is 544. The molecule has 0 radical (unpaired) electrons. The van der Waals surface area contributed by atoms with Crippen LogP contribution in [0.4, 0.5) is 16.4 Å².